The number of hydrogen-bond acceptors (Lipinski definition) is 4. The van der Waals surface area contributed by atoms with Crippen LogP contribution in [0.15, 0.2) is 18.2 Å². The van der Waals surface area contributed by atoms with E-state index in [4.69, 9.17) is 4.74 Å². The normalized spacial score (nSPS) is 17.0. The SMILES string of the molecule is CC#CC(=O)N(CCCN1CCOCC1)Cc1ccc2c(c1)CCCN2C. The molecule has 1 aromatic rings. The van der Waals surface area contributed by atoms with Gasteiger partial charge in [-0.1, -0.05) is 18.1 Å². The summed E-state index contributed by atoms with van der Waals surface area (Å²) in [5, 5.41) is 0. The highest BCUT2D eigenvalue weighted by molar-refractivity contribution is 5.93. The first kappa shape index (κ1) is 19.7. The molecular weight excluding hydrogens is 338 g/mol. The van der Waals surface area contributed by atoms with Gasteiger partial charge < -0.3 is 14.5 Å². The van der Waals surface area contributed by atoms with E-state index in [1.54, 1.807) is 6.92 Å². The fourth-order valence-electron chi connectivity index (χ4n) is 3.91. The average Bonchev–Trinajstić information content (AvgIpc) is 2.68. The monoisotopic (exact) mass is 369 g/mol. The number of amides is 1. The first-order chi connectivity index (χ1) is 13.2. The van der Waals surface area contributed by atoms with E-state index in [9.17, 15) is 4.79 Å². The lowest BCUT2D eigenvalue weighted by molar-refractivity contribution is -0.125. The fourth-order valence-corrected chi connectivity index (χ4v) is 3.91. The summed E-state index contributed by atoms with van der Waals surface area (Å²) in [7, 11) is 2.15. The molecule has 0 N–H and O–H groups in total. The van der Waals surface area contributed by atoms with Crippen molar-refractivity contribution >= 4 is 11.6 Å². The molecule has 5 heteroatoms. The van der Waals surface area contributed by atoms with Crippen LogP contribution in [-0.4, -0.2) is 68.7 Å². The summed E-state index contributed by atoms with van der Waals surface area (Å²) in [6.07, 6.45) is 3.27. The van der Waals surface area contributed by atoms with E-state index in [-0.39, 0.29) is 5.91 Å². The third-order valence-corrected chi connectivity index (χ3v) is 5.39. The van der Waals surface area contributed by atoms with Crippen LogP contribution in [-0.2, 0) is 22.5 Å². The van der Waals surface area contributed by atoms with Crippen LogP contribution in [0.25, 0.3) is 0 Å². The first-order valence-corrected chi connectivity index (χ1v) is 10.0. The third kappa shape index (κ3) is 5.47. The van der Waals surface area contributed by atoms with Gasteiger partial charge in [-0.25, -0.2) is 0 Å². The maximum absolute atomic E-state index is 12.5. The number of anilines is 1. The number of nitrogens with zero attached hydrogens (tertiary/aromatic N) is 3. The van der Waals surface area contributed by atoms with Crippen LogP contribution in [0.3, 0.4) is 0 Å². The summed E-state index contributed by atoms with van der Waals surface area (Å²) >= 11 is 0. The number of carbonyl (C=O) groups is 1. The molecule has 0 saturated carbocycles. The van der Waals surface area contributed by atoms with E-state index in [2.05, 4.69) is 46.9 Å². The largest absolute Gasteiger partial charge is 0.379 e. The van der Waals surface area contributed by atoms with Crippen molar-refractivity contribution in [2.24, 2.45) is 0 Å². The smallest absolute Gasteiger partial charge is 0.298 e. The molecule has 1 aromatic carbocycles. The van der Waals surface area contributed by atoms with Crippen molar-refractivity contribution in [2.45, 2.75) is 32.7 Å². The summed E-state index contributed by atoms with van der Waals surface area (Å²) in [4.78, 5) is 19.1. The number of aryl methyl sites for hydroxylation is 1. The lowest BCUT2D eigenvalue weighted by Crippen LogP contribution is -2.38. The highest BCUT2D eigenvalue weighted by Crippen LogP contribution is 2.27. The van der Waals surface area contributed by atoms with E-state index in [1.807, 2.05) is 4.90 Å². The molecule has 0 unspecified atom stereocenters. The van der Waals surface area contributed by atoms with Gasteiger partial charge in [0.25, 0.3) is 5.91 Å². The van der Waals surface area contributed by atoms with Crippen LogP contribution in [0.4, 0.5) is 5.69 Å². The molecule has 2 aliphatic rings. The number of morpholine rings is 1. The molecule has 146 valence electrons. The second kappa shape index (κ2) is 9.77. The lowest BCUT2D eigenvalue weighted by Gasteiger charge is -2.29. The Labute approximate surface area is 163 Å². The van der Waals surface area contributed by atoms with Crippen molar-refractivity contribution in [2.75, 3.05) is 57.9 Å². The van der Waals surface area contributed by atoms with E-state index >= 15 is 0 Å². The topological polar surface area (TPSA) is 36.0 Å². The molecule has 3 rings (SSSR count). The van der Waals surface area contributed by atoms with Crippen LogP contribution in [0.5, 0.6) is 0 Å². The summed E-state index contributed by atoms with van der Waals surface area (Å²) < 4.78 is 5.40. The van der Waals surface area contributed by atoms with E-state index in [0.717, 1.165) is 58.8 Å². The molecule has 1 amide bonds. The van der Waals surface area contributed by atoms with E-state index < -0.39 is 0 Å². The van der Waals surface area contributed by atoms with E-state index in [1.165, 1.54) is 23.2 Å². The van der Waals surface area contributed by atoms with Gasteiger partial charge in [-0.3, -0.25) is 9.69 Å². The number of benzene rings is 1. The Morgan fingerprint density at radius 1 is 1.26 bits per heavy atom. The van der Waals surface area contributed by atoms with Crippen LogP contribution in [0.1, 0.15) is 30.9 Å². The van der Waals surface area contributed by atoms with Gasteiger partial charge in [0.15, 0.2) is 0 Å². The van der Waals surface area contributed by atoms with Gasteiger partial charge in [-0.15, -0.1) is 0 Å². The Kier molecular flexibility index (Phi) is 7.14. The summed E-state index contributed by atoms with van der Waals surface area (Å²) in [6, 6.07) is 6.63. The van der Waals surface area contributed by atoms with Crippen molar-refractivity contribution < 1.29 is 9.53 Å². The molecule has 0 radical (unpaired) electrons. The molecular formula is C22H31N3O2. The van der Waals surface area contributed by atoms with Gasteiger partial charge in [0, 0.05) is 52.0 Å². The minimum atomic E-state index is -0.0747. The van der Waals surface area contributed by atoms with Crippen molar-refractivity contribution in [1.29, 1.82) is 0 Å². The summed E-state index contributed by atoms with van der Waals surface area (Å²) in [5.74, 6) is 5.40. The Bertz CT molecular complexity index is 701. The van der Waals surface area contributed by atoms with Crippen molar-refractivity contribution in [3.05, 3.63) is 29.3 Å². The molecule has 0 bridgehead atoms. The highest BCUT2D eigenvalue weighted by atomic mass is 16.5. The summed E-state index contributed by atoms with van der Waals surface area (Å²) in [6.45, 7) is 8.81. The number of fused-ring (bicyclic) bond motifs is 1. The minimum Gasteiger partial charge on any atom is -0.379 e. The Morgan fingerprint density at radius 2 is 2.07 bits per heavy atom. The highest BCUT2D eigenvalue weighted by Gasteiger charge is 2.17. The van der Waals surface area contributed by atoms with Crippen molar-refractivity contribution in [1.82, 2.24) is 9.80 Å². The minimum absolute atomic E-state index is 0.0747. The molecule has 0 aromatic heterocycles. The van der Waals surface area contributed by atoms with Crippen molar-refractivity contribution in [3.63, 3.8) is 0 Å². The average molecular weight is 370 g/mol. The molecule has 27 heavy (non-hydrogen) atoms. The molecule has 0 atom stereocenters. The number of rotatable bonds is 6. The van der Waals surface area contributed by atoms with Crippen LogP contribution in [0, 0.1) is 11.8 Å². The van der Waals surface area contributed by atoms with Crippen LogP contribution in [0.2, 0.25) is 0 Å². The maximum atomic E-state index is 12.5. The molecule has 5 nitrogen and oxygen atoms in total. The number of ether oxygens (including phenoxy) is 1. The Hall–Kier alpha value is -2.03. The van der Waals surface area contributed by atoms with E-state index in [0.29, 0.717) is 6.54 Å². The second-order valence-corrected chi connectivity index (χ2v) is 7.40. The predicted octanol–water partition coefficient (Wildman–Crippen LogP) is 2.14. The molecule has 1 fully saturated rings. The zero-order valence-corrected chi connectivity index (χ0v) is 16.7. The maximum Gasteiger partial charge on any atom is 0.298 e. The number of carbonyl (C=O) groups excluding carboxylic acids is 1. The van der Waals surface area contributed by atoms with Gasteiger partial charge in [-0.2, -0.15) is 0 Å². The zero-order chi connectivity index (χ0) is 19.1. The molecule has 0 aliphatic carbocycles. The van der Waals surface area contributed by atoms with Crippen LogP contribution >= 0.6 is 0 Å². The molecule has 2 aliphatic heterocycles. The van der Waals surface area contributed by atoms with Crippen molar-refractivity contribution in [3.8, 4) is 11.8 Å². The second-order valence-electron chi connectivity index (χ2n) is 7.40. The Balaban J connectivity index is 1.62. The standard InChI is InChI=1S/C22H31N3O2/c1-3-6-22(26)25(12-5-11-24-13-15-27-16-14-24)18-19-8-9-21-20(17-19)7-4-10-23(21)2/h8-9,17H,4-5,7,10-16,18H2,1-2H3. The predicted molar refractivity (Wildman–Crippen MR) is 109 cm³/mol. The first-order valence-electron chi connectivity index (χ1n) is 10.0. The zero-order valence-electron chi connectivity index (χ0n) is 16.7. The van der Waals surface area contributed by atoms with Gasteiger partial charge in [0.05, 0.1) is 13.2 Å². The van der Waals surface area contributed by atoms with Gasteiger partial charge in [-0.05, 0) is 49.3 Å². The molecule has 1 saturated heterocycles. The Morgan fingerprint density at radius 3 is 2.85 bits per heavy atom. The van der Waals surface area contributed by atoms with Gasteiger partial charge in [0.2, 0.25) is 0 Å². The number of hydrogen-bond donors (Lipinski definition) is 0. The molecule has 2 heterocycles. The molecule has 0 spiro atoms. The fraction of sp³-hybridized carbons (Fsp3) is 0.591. The van der Waals surface area contributed by atoms with Crippen LogP contribution < -0.4 is 4.90 Å². The quantitative estimate of drug-likeness (QED) is 0.720. The summed E-state index contributed by atoms with van der Waals surface area (Å²) in [5.41, 5.74) is 3.91. The lowest BCUT2D eigenvalue weighted by atomic mass is 9.99. The van der Waals surface area contributed by atoms with Gasteiger partial charge in [0.1, 0.15) is 0 Å². The van der Waals surface area contributed by atoms with Gasteiger partial charge >= 0.3 is 0 Å². The third-order valence-electron chi connectivity index (χ3n) is 5.39.